The lowest BCUT2D eigenvalue weighted by Gasteiger charge is -2.30. The van der Waals surface area contributed by atoms with Gasteiger partial charge in [-0.25, -0.2) is 4.79 Å². The minimum Gasteiger partial charge on any atom is -0.444 e. The number of hydrogen-bond donors (Lipinski definition) is 6. The first-order valence-electron chi connectivity index (χ1n) is 17.7. The Morgan fingerprint density at radius 1 is 0.765 bits per heavy atom. The summed E-state index contributed by atoms with van der Waals surface area (Å²) in [6, 6.07) is 9.28. The molecule has 0 spiro atoms. The maximum Gasteiger partial charge on any atom is 0.408 e. The largest absolute Gasteiger partial charge is 0.444 e. The van der Waals surface area contributed by atoms with Gasteiger partial charge in [0.05, 0.1) is 12.1 Å². The average Bonchev–Trinajstić information content (AvgIpc) is 3.07. The highest BCUT2D eigenvalue weighted by Crippen LogP contribution is 2.16. The fourth-order valence-corrected chi connectivity index (χ4v) is 5.23. The highest BCUT2D eigenvalue weighted by Gasteiger charge is 2.33. The zero-order valence-corrected chi connectivity index (χ0v) is 31.5. The van der Waals surface area contributed by atoms with E-state index in [9.17, 15) is 29.1 Å². The number of amides is 5. The lowest BCUT2D eigenvalue weighted by molar-refractivity contribution is -0.133. The molecule has 1 aromatic carbocycles. The minimum atomic E-state index is -1.16. The third-order valence-corrected chi connectivity index (χ3v) is 8.52. The molecule has 7 atom stereocenters. The average molecular weight is 711 g/mol. The second-order valence-electron chi connectivity index (χ2n) is 14.6. The summed E-state index contributed by atoms with van der Waals surface area (Å²) in [7, 11) is 0. The van der Waals surface area contributed by atoms with Gasteiger partial charge in [0.1, 0.15) is 23.7 Å². The van der Waals surface area contributed by atoms with Gasteiger partial charge in [-0.05, 0) is 75.6 Å². The van der Waals surface area contributed by atoms with E-state index in [0.717, 1.165) is 11.1 Å². The fraction of sp³-hybridized carbons (Fsp3) is 0.579. The smallest absolute Gasteiger partial charge is 0.408 e. The Balaban J connectivity index is 2.11. The van der Waals surface area contributed by atoms with Crippen molar-refractivity contribution in [3.63, 3.8) is 0 Å². The number of ether oxygens (including phenoxy) is 1. The van der Waals surface area contributed by atoms with Crippen LogP contribution in [0.5, 0.6) is 0 Å². The number of nitrogens with zero attached hydrogens (tertiary/aromatic N) is 1. The molecule has 5 amide bonds. The van der Waals surface area contributed by atoms with Crippen molar-refractivity contribution in [3.05, 3.63) is 66.0 Å². The van der Waals surface area contributed by atoms with Crippen molar-refractivity contribution in [3.8, 4) is 0 Å². The maximum absolute atomic E-state index is 13.5. The molecular weight excluding hydrogens is 652 g/mol. The molecule has 0 aliphatic carbocycles. The number of carbonyl (C=O) groups is 5. The molecule has 0 radical (unpaired) electrons. The molecule has 6 N–H and O–H groups in total. The Morgan fingerprint density at radius 3 is 1.96 bits per heavy atom. The van der Waals surface area contributed by atoms with E-state index in [1.54, 1.807) is 52.2 Å². The first-order chi connectivity index (χ1) is 23.9. The van der Waals surface area contributed by atoms with E-state index in [0.29, 0.717) is 6.42 Å². The monoisotopic (exact) mass is 710 g/mol. The van der Waals surface area contributed by atoms with Gasteiger partial charge in [0.25, 0.3) is 0 Å². The molecule has 0 bridgehead atoms. The number of benzene rings is 1. The van der Waals surface area contributed by atoms with Gasteiger partial charge in [0.2, 0.25) is 23.6 Å². The van der Waals surface area contributed by atoms with Crippen molar-refractivity contribution in [2.75, 3.05) is 0 Å². The van der Waals surface area contributed by atoms with Crippen LogP contribution in [0.25, 0.3) is 0 Å². The highest BCUT2D eigenvalue weighted by atomic mass is 16.6. The van der Waals surface area contributed by atoms with E-state index in [2.05, 4.69) is 31.6 Å². The zero-order chi connectivity index (χ0) is 38.3. The van der Waals surface area contributed by atoms with Gasteiger partial charge in [-0.15, -0.1) is 0 Å². The van der Waals surface area contributed by atoms with E-state index >= 15 is 0 Å². The quantitative estimate of drug-likeness (QED) is 0.136. The van der Waals surface area contributed by atoms with E-state index in [1.807, 2.05) is 58.0 Å². The van der Waals surface area contributed by atoms with Gasteiger partial charge in [0, 0.05) is 24.9 Å². The minimum absolute atomic E-state index is 0.0102. The predicted octanol–water partition coefficient (Wildman–Crippen LogP) is 3.40. The van der Waals surface area contributed by atoms with Crippen molar-refractivity contribution >= 4 is 29.7 Å². The fourth-order valence-electron chi connectivity index (χ4n) is 5.23. The number of nitrogens with one attached hydrogen (secondary N) is 5. The first kappa shape index (κ1) is 42.6. The van der Waals surface area contributed by atoms with Gasteiger partial charge >= 0.3 is 6.09 Å². The van der Waals surface area contributed by atoms with Crippen molar-refractivity contribution in [1.29, 1.82) is 0 Å². The van der Waals surface area contributed by atoms with Gasteiger partial charge in [-0.3, -0.25) is 24.2 Å². The van der Waals surface area contributed by atoms with Crippen molar-refractivity contribution in [2.45, 2.75) is 124 Å². The molecular formula is C38H58N6O7. The van der Waals surface area contributed by atoms with Crippen LogP contribution >= 0.6 is 0 Å². The van der Waals surface area contributed by atoms with Crippen LogP contribution in [-0.2, 0) is 36.9 Å². The highest BCUT2D eigenvalue weighted by molar-refractivity contribution is 5.91. The van der Waals surface area contributed by atoms with Crippen LogP contribution < -0.4 is 26.6 Å². The summed E-state index contributed by atoms with van der Waals surface area (Å²) in [6.07, 6.45) is 2.20. The second kappa shape index (κ2) is 20.4. The van der Waals surface area contributed by atoms with Crippen LogP contribution in [-0.4, -0.2) is 75.7 Å². The van der Waals surface area contributed by atoms with E-state index in [4.69, 9.17) is 4.74 Å². The summed E-state index contributed by atoms with van der Waals surface area (Å²) in [5, 5.41) is 25.3. The Kier molecular flexibility index (Phi) is 17.0. The van der Waals surface area contributed by atoms with Crippen LogP contribution in [0.4, 0.5) is 4.79 Å². The number of alkyl carbamates (subject to hydrolysis) is 1. The molecule has 2 aromatic rings. The van der Waals surface area contributed by atoms with Crippen LogP contribution in [0, 0.1) is 17.8 Å². The summed E-state index contributed by atoms with van der Waals surface area (Å²) in [4.78, 5) is 69.6. The van der Waals surface area contributed by atoms with Crippen LogP contribution in [0.3, 0.4) is 0 Å². The molecule has 0 saturated heterocycles. The van der Waals surface area contributed by atoms with Crippen molar-refractivity contribution in [2.24, 2.45) is 17.8 Å². The molecule has 0 fully saturated rings. The van der Waals surface area contributed by atoms with Gasteiger partial charge in [-0.2, -0.15) is 0 Å². The number of aromatic nitrogens is 1. The molecule has 1 heterocycles. The maximum atomic E-state index is 13.5. The Hall–Kier alpha value is -4.52. The summed E-state index contributed by atoms with van der Waals surface area (Å²) < 4.78 is 5.33. The Bertz CT molecular complexity index is 1420. The van der Waals surface area contributed by atoms with Crippen LogP contribution in [0.15, 0.2) is 54.9 Å². The van der Waals surface area contributed by atoms with Gasteiger partial charge in [0.15, 0.2) is 0 Å². The van der Waals surface area contributed by atoms with Gasteiger partial charge < -0.3 is 36.4 Å². The topological polar surface area (TPSA) is 188 Å². The Morgan fingerprint density at radius 2 is 1.39 bits per heavy atom. The van der Waals surface area contributed by atoms with Crippen molar-refractivity contribution < 1.29 is 33.8 Å². The van der Waals surface area contributed by atoms with E-state index in [-0.39, 0.29) is 37.1 Å². The molecule has 282 valence electrons. The summed E-state index contributed by atoms with van der Waals surface area (Å²) >= 11 is 0. The molecule has 13 heteroatoms. The van der Waals surface area contributed by atoms with Gasteiger partial charge in [-0.1, -0.05) is 71.4 Å². The summed E-state index contributed by atoms with van der Waals surface area (Å²) in [5.74, 6) is -3.01. The molecule has 0 unspecified atom stereocenters. The number of aliphatic hydroxyl groups excluding tert-OH is 1. The molecule has 13 nitrogen and oxygen atoms in total. The second-order valence-corrected chi connectivity index (χ2v) is 14.6. The molecule has 2 rings (SSSR count). The van der Waals surface area contributed by atoms with E-state index in [1.165, 1.54) is 6.92 Å². The third-order valence-electron chi connectivity index (χ3n) is 8.52. The van der Waals surface area contributed by atoms with Crippen molar-refractivity contribution in [1.82, 2.24) is 31.6 Å². The molecule has 1 aromatic heterocycles. The summed E-state index contributed by atoms with van der Waals surface area (Å²) in [5.41, 5.74) is 0.961. The molecule has 51 heavy (non-hydrogen) atoms. The van der Waals surface area contributed by atoms with Crippen LogP contribution in [0.2, 0.25) is 0 Å². The van der Waals surface area contributed by atoms with Crippen LogP contribution in [0.1, 0.15) is 86.3 Å². The molecule has 0 saturated carbocycles. The third kappa shape index (κ3) is 15.1. The van der Waals surface area contributed by atoms with E-state index < -0.39 is 65.6 Å². The number of pyridine rings is 1. The number of aliphatic hydroxyl groups is 1. The lowest BCUT2D eigenvalue weighted by Crippen LogP contribution is -2.57. The SMILES string of the molecule is CC[C@@H](C)[C@H](NC(=O)OC(C)(C)C)C(=O)N[C@@H](C)C(=O)N[C@@H](Cc1ccccc1)[C@@H](O)C[C@@H](C)C(=O)N[C@H](C(=O)NCc1ccncc1)C(C)C. The molecule has 0 aliphatic rings. The first-order valence-corrected chi connectivity index (χ1v) is 17.7. The zero-order valence-electron chi connectivity index (χ0n) is 31.5. The standard InChI is InChI=1S/C38H58N6O7/c1-10-24(4)32(44-37(50)51-38(7,8)9)36(49)41-26(6)34(47)42-29(21-27-14-12-11-13-15-27)30(45)20-25(5)33(46)43-31(23(2)3)35(48)40-22-28-16-18-39-19-17-28/h11-19,23-26,29-32,45H,10,20-22H2,1-9H3,(H,40,48)(H,41,49)(H,42,47)(H,43,46)(H,44,50)/t24-,25-,26+,29+,30+,31+,32+/m1/s1. The normalized spacial score (nSPS) is 15.6. The number of carbonyl (C=O) groups excluding carboxylic acids is 5. The Labute approximate surface area is 302 Å². The number of hydrogen-bond acceptors (Lipinski definition) is 8. The lowest BCUT2D eigenvalue weighted by atomic mass is 9.92. The predicted molar refractivity (Wildman–Crippen MR) is 195 cm³/mol. The number of rotatable bonds is 18. The molecule has 0 aliphatic heterocycles. The summed E-state index contributed by atoms with van der Waals surface area (Å²) in [6.45, 7) is 16.0.